The molecule has 3 nitrogen and oxygen atoms in total. The van der Waals surface area contributed by atoms with E-state index >= 15 is 0 Å². The number of rotatable bonds is 3. The van der Waals surface area contributed by atoms with Gasteiger partial charge in [0.15, 0.2) is 0 Å². The second kappa shape index (κ2) is 4.46. The van der Waals surface area contributed by atoms with Crippen molar-refractivity contribution in [3.8, 4) is 0 Å². The molecule has 1 aromatic rings. The first-order valence-electron chi connectivity index (χ1n) is 4.26. The zero-order valence-corrected chi connectivity index (χ0v) is 9.63. The van der Waals surface area contributed by atoms with Gasteiger partial charge in [-0.1, -0.05) is 15.9 Å². The standard InChI is InChI=1S/C10H12BrNO2/c1-6-5-8(11)3-4-9(6)12-7(2)10(13)14/h3-5,7,12H,1-2H3,(H,13,14). The van der Waals surface area contributed by atoms with Crippen LogP contribution in [0.1, 0.15) is 12.5 Å². The lowest BCUT2D eigenvalue weighted by Crippen LogP contribution is -2.25. The zero-order chi connectivity index (χ0) is 10.7. The molecule has 1 aromatic carbocycles. The Morgan fingerprint density at radius 2 is 2.21 bits per heavy atom. The Hall–Kier alpha value is -1.03. The summed E-state index contributed by atoms with van der Waals surface area (Å²) >= 11 is 3.35. The van der Waals surface area contributed by atoms with E-state index in [4.69, 9.17) is 5.11 Å². The number of aryl methyl sites for hydroxylation is 1. The molecule has 0 spiro atoms. The number of carbonyl (C=O) groups is 1. The number of halogens is 1. The highest BCUT2D eigenvalue weighted by Gasteiger charge is 2.10. The summed E-state index contributed by atoms with van der Waals surface area (Å²) in [5, 5.41) is 11.6. The third kappa shape index (κ3) is 2.73. The van der Waals surface area contributed by atoms with Gasteiger partial charge in [-0.2, -0.15) is 0 Å². The Bertz CT molecular complexity index is 352. The molecule has 0 aliphatic rings. The van der Waals surface area contributed by atoms with Crippen molar-refractivity contribution >= 4 is 27.6 Å². The van der Waals surface area contributed by atoms with Crippen molar-refractivity contribution in [3.05, 3.63) is 28.2 Å². The van der Waals surface area contributed by atoms with E-state index in [1.165, 1.54) is 0 Å². The number of hydrogen-bond acceptors (Lipinski definition) is 2. The molecule has 76 valence electrons. The summed E-state index contributed by atoms with van der Waals surface area (Å²) in [6, 6.07) is 5.11. The Morgan fingerprint density at radius 3 is 2.71 bits per heavy atom. The smallest absolute Gasteiger partial charge is 0.325 e. The average molecular weight is 258 g/mol. The first-order chi connectivity index (χ1) is 6.50. The molecule has 0 fully saturated rings. The number of aliphatic carboxylic acids is 1. The first kappa shape index (κ1) is 11.0. The van der Waals surface area contributed by atoms with Gasteiger partial charge in [-0.3, -0.25) is 4.79 Å². The number of benzene rings is 1. The fourth-order valence-electron chi connectivity index (χ4n) is 1.08. The van der Waals surface area contributed by atoms with Crippen LogP contribution in [0, 0.1) is 6.92 Å². The predicted molar refractivity (Wildman–Crippen MR) is 59.6 cm³/mol. The molecule has 14 heavy (non-hydrogen) atoms. The summed E-state index contributed by atoms with van der Waals surface area (Å²) in [7, 11) is 0. The second-order valence-corrected chi connectivity index (χ2v) is 4.08. The van der Waals surface area contributed by atoms with Gasteiger partial charge in [-0.25, -0.2) is 0 Å². The van der Waals surface area contributed by atoms with Crippen LogP contribution in [0.15, 0.2) is 22.7 Å². The molecule has 0 aliphatic heterocycles. The Labute approximate surface area is 91.3 Å². The van der Waals surface area contributed by atoms with Crippen molar-refractivity contribution < 1.29 is 9.90 Å². The lowest BCUT2D eigenvalue weighted by atomic mass is 10.2. The highest BCUT2D eigenvalue weighted by molar-refractivity contribution is 9.10. The second-order valence-electron chi connectivity index (χ2n) is 3.16. The lowest BCUT2D eigenvalue weighted by Gasteiger charge is -2.13. The maximum absolute atomic E-state index is 10.6. The van der Waals surface area contributed by atoms with Crippen LogP contribution in [0.25, 0.3) is 0 Å². The maximum atomic E-state index is 10.6. The highest BCUT2D eigenvalue weighted by Crippen LogP contribution is 2.20. The van der Waals surface area contributed by atoms with Gasteiger partial charge < -0.3 is 10.4 Å². The minimum atomic E-state index is -0.854. The molecule has 1 rings (SSSR count). The van der Waals surface area contributed by atoms with Crippen molar-refractivity contribution in [1.82, 2.24) is 0 Å². The van der Waals surface area contributed by atoms with E-state index in [0.29, 0.717) is 0 Å². The quantitative estimate of drug-likeness (QED) is 0.876. The van der Waals surface area contributed by atoms with Crippen LogP contribution in [-0.2, 0) is 4.79 Å². The van der Waals surface area contributed by atoms with Crippen LogP contribution in [0.3, 0.4) is 0 Å². The lowest BCUT2D eigenvalue weighted by molar-refractivity contribution is -0.137. The number of anilines is 1. The van der Waals surface area contributed by atoms with E-state index in [9.17, 15) is 4.79 Å². The van der Waals surface area contributed by atoms with Gasteiger partial charge in [0, 0.05) is 10.2 Å². The molecule has 0 radical (unpaired) electrons. The predicted octanol–water partition coefficient (Wildman–Crippen LogP) is 2.64. The SMILES string of the molecule is Cc1cc(Br)ccc1NC(C)C(=O)O. The highest BCUT2D eigenvalue weighted by atomic mass is 79.9. The molecule has 1 unspecified atom stereocenters. The van der Waals surface area contributed by atoms with E-state index in [-0.39, 0.29) is 0 Å². The Kier molecular flexibility index (Phi) is 3.52. The molecule has 1 atom stereocenters. The molecular weight excluding hydrogens is 246 g/mol. The van der Waals surface area contributed by atoms with E-state index < -0.39 is 12.0 Å². The molecule has 0 aliphatic carbocycles. The summed E-state index contributed by atoms with van der Waals surface area (Å²) in [5.41, 5.74) is 1.87. The van der Waals surface area contributed by atoms with E-state index in [1.807, 2.05) is 25.1 Å². The summed E-state index contributed by atoms with van der Waals surface area (Å²) in [6.07, 6.45) is 0. The van der Waals surface area contributed by atoms with Crippen molar-refractivity contribution in [2.24, 2.45) is 0 Å². The molecule has 0 aromatic heterocycles. The Balaban J connectivity index is 2.82. The monoisotopic (exact) mass is 257 g/mol. The van der Waals surface area contributed by atoms with Gasteiger partial charge in [0.05, 0.1) is 0 Å². The Morgan fingerprint density at radius 1 is 1.57 bits per heavy atom. The van der Waals surface area contributed by atoms with Crippen LogP contribution in [0.2, 0.25) is 0 Å². The van der Waals surface area contributed by atoms with Gasteiger partial charge in [0.2, 0.25) is 0 Å². The van der Waals surface area contributed by atoms with Gasteiger partial charge in [0.25, 0.3) is 0 Å². The average Bonchev–Trinajstić information content (AvgIpc) is 2.09. The first-order valence-corrected chi connectivity index (χ1v) is 5.05. The number of hydrogen-bond donors (Lipinski definition) is 2. The minimum absolute atomic E-state index is 0.574. The van der Waals surface area contributed by atoms with E-state index in [2.05, 4.69) is 21.2 Å². The van der Waals surface area contributed by atoms with Crippen LogP contribution in [0.5, 0.6) is 0 Å². The van der Waals surface area contributed by atoms with Crippen LogP contribution < -0.4 is 5.32 Å². The summed E-state index contributed by atoms with van der Waals surface area (Å²) < 4.78 is 0.989. The number of carboxylic acid groups (broad SMARTS) is 1. The number of carboxylic acids is 1. The maximum Gasteiger partial charge on any atom is 0.325 e. The van der Waals surface area contributed by atoms with Gasteiger partial charge in [-0.15, -0.1) is 0 Å². The normalized spacial score (nSPS) is 12.2. The van der Waals surface area contributed by atoms with Crippen LogP contribution in [0.4, 0.5) is 5.69 Å². The molecule has 0 heterocycles. The van der Waals surface area contributed by atoms with Gasteiger partial charge in [0.1, 0.15) is 6.04 Å². The fraction of sp³-hybridized carbons (Fsp3) is 0.300. The molecular formula is C10H12BrNO2. The summed E-state index contributed by atoms with van der Waals surface area (Å²) in [5.74, 6) is -0.854. The summed E-state index contributed by atoms with van der Waals surface area (Å²) in [4.78, 5) is 10.6. The molecule has 0 saturated carbocycles. The fourth-order valence-corrected chi connectivity index (χ4v) is 1.56. The van der Waals surface area contributed by atoms with Crippen molar-refractivity contribution in [1.29, 1.82) is 0 Å². The topological polar surface area (TPSA) is 49.3 Å². The third-order valence-electron chi connectivity index (χ3n) is 1.93. The van der Waals surface area contributed by atoms with Crippen LogP contribution >= 0.6 is 15.9 Å². The molecule has 0 amide bonds. The molecule has 0 saturated heterocycles. The number of nitrogens with one attached hydrogen (secondary N) is 1. The van der Waals surface area contributed by atoms with Gasteiger partial charge in [-0.05, 0) is 37.6 Å². The minimum Gasteiger partial charge on any atom is -0.480 e. The summed E-state index contributed by atoms with van der Waals surface area (Å²) in [6.45, 7) is 3.55. The zero-order valence-electron chi connectivity index (χ0n) is 8.04. The largest absolute Gasteiger partial charge is 0.480 e. The van der Waals surface area contributed by atoms with E-state index in [0.717, 1.165) is 15.7 Å². The van der Waals surface area contributed by atoms with Gasteiger partial charge >= 0.3 is 5.97 Å². The van der Waals surface area contributed by atoms with Crippen LogP contribution in [-0.4, -0.2) is 17.1 Å². The van der Waals surface area contributed by atoms with E-state index in [1.54, 1.807) is 6.92 Å². The van der Waals surface area contributed by atoms with Crippen molar-refractivity contribution in [2.45, 2.75) is 19.9 Å². The molecule has 4 heteroatoms. The molecule has 0 bridgehead atoms. The van der Waals surface area contributed by atoms with Crippen molar-refractivity contribution in [2.75, 3.05) is 5.32 Å². The molecule has 2 N–H and O–H groups in total. The van der Waals surface area contributed by atoms with Crippen molar-refractivity contribution in [3.63, 3.8) is 0 Å². The third-order valence-corrected chi connectivity index (χ3v) is 2.42.